The number of hydrogen-bond donors (Lipinski definition) is 2. The smallest absolute Gasteiger partial charge is 0.353 e. The van der Waals surface area contributed by atoms with Gasteiger partial charge >= 0.3 is 6.18 Å². The summed E-state index contributed by atoms with van der Waals surface area (Å²) >= 11 is 0. The Kier molecular flexibility index (Phi) is 5.06. The number of benzene rings is 1. The molecule has 1 fully saturated rings. The highest BCUT2D eigenvalue weighted by Gasteiger charge is 2.30. The number of amides is 1. The lowest BCUT2D eigenvalue weighted by molar-refractivity contribution is -0.137. The number of nitrogens with zero attached hydrogens (tertiary/aromatic N) is 2. The van der Waals surface area contributed by atoms with Crippen molar-refractivity contribution in [1.29, 1.82) is 0 Å². The summed E-state index contributed by atoms with van der Waals surface area (Å²) in [6.07, 6.45) is 0.755. The van der Waals surface area contributed by atoms with Crippen molar-refractivity contribution in [3.05, 3.63) is 47.5 Å². The van der Waals surface area contributed by atoms with Crippen molar-refractivity contribution in [2.45, 2.75) is 50.2 Å². The minimum atomic E-state index is -4.36. The number of rotatable bonds is 4. The minimum Gasteiger partial charge on any atom is -0.353 e. The van der Waals surface area contributed by atoms with Crippen LogP contribution in [0.3, 0.4) is 0 Å². The molecule has 2 N–H and O–H groups in total. The van der Waals surface area contributed by atoms with E-state index in [9.17, 15) is 18.0 Å². The lowest BCUT2D eigenvalue weighted by Crippen LogP contribution is -2.38. The Bertz CT molecular complexity index is 690. The number of carbonyl (C=O) groups excluding carboxylic acids is 1. The number of nitrogens with one attached hydrogen (secondary N) is 2. The zero-order valence-electron chi connectivity index (χ0n) is 13.5. The van der Waals surface area contributed by atoms with Gasteiger partial charge in [-0.15, -0.1) is 0 Å². The van der Waals surface area contributed by atoms with Gasteiger partial charge in [-0.1, -0.05) is 12.1 Å². The fourth-order valence-electron chi connectivity index (χ4n) is 3.20. The standard InChI is InChI=1S/C17H19F3N4O/c18-17(19,20)13-5-1-11(2-6-13)9-15(25)23-14-7-3-12(4-8-14)16-21-10-22-24-16/h1-2,5-6,10,12,14H,3-4,7-9H2,(H,23,25)(H,21,22,24). The third-order valence-electron chi connectivity index (χ3n) is 4.56. The Labute approximate surface area is 143 Å². The second-order valence-corrected chi connectivity index (χ2v) is 6.36. The molecule has 5 nitrogen and oxygen atoms in total. The average Bonchev–Trinajstić information content (AvgIpc) is 3.09. The SMILES string of the molecule is O=C(Cc1ccc(C(F)(F)F)cc1)NC1CCC(c2ncn[nH]2)CC1. The molecular weight excluding hydrogens is 333 g/mol. The van der Waals surface area contributed by atoms with E-state index in [1.54, 1.807) is 0 Å². The fourth-order valence-corrected chi connectivity index (χ4v) is 3.20. The molecule has 0 aliphatic heterocycles. The molecule has 0 radical (unpaired) electrons. The van der Waals surface area contributed by atoms with Gasteiger partial charge in [0, 0.05) is 12.0 Å². The molecule has 25 heavy (non-hydrogen) atoms. The van der Waals surface area contributed by atoms with E-state index in [1.807, 2.05) is 0 Å². The van der Waals surface area contributed by atoms with E-state index in [1.165, 1.54) is 18.5 Å². The van der Waals surface area contributed by atoms with Gasteiger partial charge in [0.15, 0.2) is 0 Å². The van der Waals surface area contributed by atoms with Crippen LogP contribution in [0.5, 0.6) is 0 Å². The molecule has 0 unspecified atom stereocenters. The first-order valence-corrected chi connectivity index (χ1v) is 8.22. The van der Waals surface area contributed by atoms with Gasteiger partial charge in [0.25, 0.3) is 0 Å². The van der Waals surface area contributed by atoms with Crippen LogP contribution in [0.15, 0.2) is 30.6 Å². The van der Waals surface area contributed by atoms with E-state index in [-0.39, 0.29) is 18.4 Å². The van der Waals surface area contributed by atoms with Gasteiger partial charge in [0.2, 0.25) is 5.91 Å². The summed E-state index contributed by atoms with van der Waals surface area (Å²) < 4.78 is 37.6. The Morgan fingerprint density at radius 3 is 2.40 bits per heavy atom. The zero-order valence-corrected chi connectivity index (χ0v) is 13.5. The number of halogens is 3. The van der Waals surface area contributed by atoms with Crippen molar-refractivity contribution < 1.29 is 18.0 Å². The van der Waals surface area contributed by atoms with Gasteiger partial charge < -0.3 is 5.32 Å². The highest BCUT2D eigenvalue weighted by atomic mass is 19.4. The molecule has 1 aliphatic carbocycles. The number of alkyl halides is 3. The van der Waals surface area contributed by atoms with Crippen LogP contribution in [-0.4, -0.2) is 27.1 Å². The molecule has 134 valence electrons. The summed E-state index contributed by atoms with van der Waals surface area (Å²) in [5.74, 6) is 1.06. The topological polar surface area (TPSA) is 70.7 Å². The first-order chi connectivity index (χ1) is 11.9. The molecular formula is C17H19F3N4O. The van der Waals surface area contributed by atoms with Gasteiger partial charge in [-0.2, -0.15) is 18.3 Å². The molecule has 0 atom stereocenters. The normalized spacial score (nSPS) is 21.1. The number of hydrogen-bond acceptors (Lipinski definition) is 3. The maximum absolute atomic E-state index is 12.5. The molecule has 1 aliphatic rings. The Morgan fingerprint density at radius 2 is 1.84 bits per heavy atom. The van der Waals surface area contributed by atoms with Gasteiger partial charge in [0.05, 0.1) is 12.0 Å². The highest BCUT2D eigenvalue weighted by Crippen LogP contribution is 2.31. The lowest BCUT2D eigenvalue weighted by atomic mass is 9.85. The van der Waals surface area contributed by atoms with Crippen LogP contribution >= 0.6 is 0 Å². The summed E-state index contributed by atoms with van der Waals surface area (Å²) in [6, 6.07) is 4.81. The van der Waals surface area contributed by atoms with Crippen LogP contribution in [0.2, 0.25) is 0 Å². The summed E-state index contributed by atoms with van der Waals surface area (Å²) in [5, 5.41) is 9.71. The third-order valence-corrected chi connectivity index (χ3v) is 4.56. The van der Waals surface area contributed by atoms with Crippen molar-refractivity contribution in [3.8, 4) is 0 Å². The molecule has 1 aromatic carbocycles. The van der Waals surface area contributed by atoms with E-state index >= 15 is 0 Å². The van der Waals surface area contributed by atoms with Crippen LogP contribution in [0.1, 0.15) is 48.6 Å². The molecule has 0 bridgehead atoms. The Balaban J connectivity index is 1.47. The zero-order chi connectivity index (χ0) is 17.9. The number of aromatic nitrogens is 3. The highest BCUT2D eigenvalue weighted by molar-refractivity contribution is 5.78. The molecule has 1 heterocycles. The summed E-state index contributed by atoms with van der Waals surface area (Å²) in [5.41, 5.74) is -0.136. The lowest BCUT2D eigenvalue weighted by Gasteiger charge is -2.27. The van der Waals surface area contributed by atoms with Gasteiger partial charge in [-0.25, -0.2) is 4.98 Å². The molecule has 2 aromatic rings. The number of carbonyl (C=O) groups is 1. The Hall–Kier alpha value is -2.38. The fraction of sp³-hybridized carbons (Fsp3) is 0.471. The molecule has 1 amide bonds. The van der Waals surface area contributed by atoms with Crippen LogP contribution in [0.4, 0.5) is 13.2 Å². The summed E-state index contributed by atoms with van der Waals surface area (Å²) in [7, 11) is 0. The molecule has 8 heteroatoms. The van der Waals surface area contributed by atoms with Crippen LogP contribution in [0.25, 0.3) is 0 Å². The van der Waals surface area contributed by atoms with E-state index in [2.05, 4.69) is 20.5 Å². The predicted molar refractivity (Wildman–Crippen MR) is 84.7 cm³/mol. The van der Waals surface area contributed by atoms with Gasteiger partial charge in [-0.3, -0.25) is 9.89 Å². The number of aromatic amines is 1. The predicted octanol–water partition coefficient (Wildman–Crippen LogP) is 3.21. The van der Waals surface area contributed by atoms with Crippen molar-refractivity contribution >= 4 is 5.91 Å². The van der Waals surface area contributed by atoms with Crippen molar-refractivity contribution in [2.24, 2.45) is 0 Å². The van der Waals surface area contributed by atoms with Crippen molar-refractivity contribution in [1.82, 2.24) is 20.5 Å². The average molecular weight is 352 g/mol. The molecule has 0 spiro atoms. The summed E-state index contributed by atoms with van der Waals surface area (Å²) in [4.78, 5) is 16.3. The first-order valence-electron chi connectivity index (χ1n) is 8.22. The van der Waals surface area contributed by atoms with E-state index in [0.29, 0.717) is 11.5 Å². The monoisotopic (exact) mass is 352 g/mol. The van der Waals surface area contributed by atoms with Crippen molar-refractivity contribution in [3.63, 3.8) is 0 Å². The quantitative estimate of drug-likeness (QED) is 0.888. The Morgan fingerprint density at radius 1 is 1.16 bits per heavy atom. The minimum absolute atomic E-state index is 0.0835. The van der Waals surface area contributed by atoms with Crippen LogP contribution in [-0.2, 0) is 17.4 Å². The first kappa shape index (κ1) is 17.4. The molecule has 1 aromatic heterocycles. The molecule has 0 saturated heterocycles. The third kappa shape index (κ3) is 4.58. The van der Waals surface area contributed by atoms with Crippen molar-refractivity contribution in [2.75, 3.05) is 0 Å². The van der Waals surface area contributed by atoms with Crippen LogP contribution in [0, 0.1) is 0 Å². The largest absolute Gasteiger partial charge is 0.416 e. The van der Waals surface area contributed by atoms with E-state index in [4.69, 9.17) is 0 Å². The van der Waals surface area contributed by atoms with E-state index < -0.39 is 11.7 Å². The number of H-pyrrole nitrogens is 1. The van der Waals surface area contributed by atoms with Crippen LogP contribution < -0.4 is 5.32 Å². The summed E-state index contributed by atoms with van der Waals surface area (Å²) in [6.45, 7) is 0. The second kappa shape index (κ2) is 7.25. The molecule has 3 rings (SSSR count). The second-order valence-electron chi connectivity index (χ2n) is 6.36. The van der Waals surface area contributed by atoms with E-state index in [0.717, 1.165) is 43.6 Å². The molecule has 1 saturated carbocycles. The van der Waals surface area contributed by atoms with Gasteiger partial charge in [-0.05, 0) is 43.4 Å². The maximum Gasteiger partial charge on any atom is 0.416 e. The van der Waals surface area contributed by atoms with Gasteiger partial charge in [0.1, 0.15) is 12.2 Å². The maximum atomic E-state index is 12.5.